The third kappa shape index (κ3) is 4.18. The average molecular weight is 399 g/mol. The fourth-order valence-corrected chi connectivity index (χ4v) is 5.93. The molecule has 2 heterocycles. The Morgan fingerprint density at radius 3 is 2.74 bits per heavy atom. The van der Waals surface area contributed by atoms with E-state index in [0.717, 1.165) is 12.6 Å². The number of hydrogen-bond donors (Lipinski definition) is 0. The lowest BCUT2D eigenvalue weighted by atomic mass is 9.98. The number of piperidine rings is 1. The van der Waals surface area contributed by atoms with Gasteiger partial charge in [0.2, 0.25) is 0 Å². The molecule has 0 aromatic heterocycles. The standard InChI is InChI=1S/C23H30N2S2/c1-3-14-24-15-7-6-8-18(24)13-16-25-20-9-4-5-10-22(20)27-23-12-11-19(26-2)17-21(23)25/h4-5,9-12,17-18H,3,6-8,13-16H2,1-2H3. The Hall–Kier alpha value is -1.10. The molecule has 4 heteroatoms. The Labute approximate surface area is 172 Å². The van der Waals surface area contributed by atoms with E-state index in [0.29, 0.717) is 0 Å². The van der Waals surface area contributed by atoms with Gasteiger partial charge in [-0.25, -0.2) is 0 Å². The lowest BCUT2D eigenvalue weighted by Crippen LogP contribution is -2.41. The number of likely N-dealkylation sites (tertiary alicyclic amines) is 1. The van der Waals surface area contributed by atoms with Crippen molar-refractivity contribution in [2.75, 3.05) is 30.8 Å². The largest absolute Gasteiger partial charge is 0.340 e. The van der Waals surface area contributed by atoms with Gasteiger partial charge in [-0.1, -0.05) is 37.2 Å². The van der Waals surface area contributed by atoms with Crippen LogP contribution in [0.4, 0.5) is 11.4 Å². The molecular weight excluding hydrogens is 368 g/mol. The van der Waals surface area contributed by atoms with E-state index in [1.165, 1.54) is 71.3 Å². The van der Waals surface area contributed by atoms with Crippen molar-refractivity contribution in [1.82, 2.24) is 4.90 Å². The van der Waals surface area contributed by atoms with Crippen LogP contribution in [0.3, 0.4) is 0 Å². The number of hydrogen-bond acceptors (Lipinski definition) is 4. The summed E-state index contributed by atoms with van der Waals surface area (Å²) in [5.41, 5.74) is 2.77. The second-order valence-corrected chi connectivity index (χ2v) is 9.49. The number of rotatable bonds is 6. The summed E-state index contributed by atoms with van der Waals surface area (Å²) in [5, 5.41) is 0. The van der Waals surface area contributed by atoms with Crippen LogP contribution < -0.4 is 4.90 Å². The SMILES string of the molecule is CCCN1CCCCC1CCN1c2ccccc2Sc2ccc(SC)cc21. The van der Waals surface area contributed by atoms with E-state index in [1.54, 1.807) is 0 Å². The van der Waals surface area contributed by atoms with Crippen molar-refractivity contribution in [3.05, 3.63) is 42.5 Å². The maximum absolute atomic E-state index is 2.74. The summed E-state index contributed by atoms with van der Waals surface area (Å²) in [5.74, 6) is 0. The predicted octanol–water partition coefficient (Wildman–Crippen LogP) is 6.67. The minimum atomic E-state index is 0.743. The molecular formula is C23H30N2S2. The zero-order valence-electron chi connectivity index (χ0n) is 16.5. The van der Waals surface area contributed by atoms with Gasteiger partial charge in [0.05, 0.1) is 11.4 Å². The summed E-state index contributed by atoms with van der Waals surface area (Å²) >= 11 is 3.75. The minimum absolute atomic E-state index is 0.743. The first-order chi connectivity index (χ1) is 13.3. The molecule has 4 rings (SSSR count). The van der Waals surface area contributed by atoms with Crippen LogP contribution >= 0.6 is 23.5 Å². The smallest absolute Gasteiger partial charge is 0.0564 e. The summed E-state index contributed by atoms with van der Waals surface area (Å²) in [6.07, 6.45) is 8.81. The molecule has 0 radical (unpaired) electrons. The van der Waals surface area contributed by atoms with Gasteiger partial charge >= 0.3 is 0 Å². The molecule has 2 aromatic carbocycles. The molecule has 27 heavy (non-hydrogen) atoms. The molecule has 1 fully saturated rings. The molecule has 0 N–H and O–H groups in total. The van der Waals surface area contributed by atoms with Gasteiger partial charge in [0.15, 0.2) is 0 Å². The lowest BCUT2D eigenvalue weighted by Gasteiger charge is -2.38. The first-order valence-electron chi connectivity index (χ1n) is 10.3. The number of para-hydroxylation sites is 1. The van der Waals surface area contributed by atoms with Crippen molar-refractivity contribution in [3.8, 4) is 0 Å². The Bertz CT molecular complexity index is 775. The van der Waals surface area contributed by atoms with E-state index in [-0.39, 0.29) is 0 Å². The van der Waals surface area contributed by atoms with Crippen LogP contribution in [0, 0.1) is 0 Å². The molecule has 0 spiro atoms. The second kappa shape index (κ2) is 8.93. The molecule has 1 atom stereocenters. The van der Waals surface area contributed by atoms with Crippen LogP contribution in [0.2, 0.25) is 0 Å². The van der Waals surface area contributed by atoms with Gasteiger partial charge in [-0.05, 0) is 75.4 Å². The fraction of sp³-hybridized carbons (Fsp3) is 0.478. The van der Waals surface area contributed by atoms with E-state index < -0.39 is 0 Å². The van der Waals surface area contributed by atoms with Gasteiger partial charge in [0.1, 0.15) is 0 Å². The van der Waals surface area contributed by atoms with Crippen LogP contribution in [0.15, 0.2) is 57.2 Å². The molecule has 144 valence electrons. The number of benzene rings is 2. The summed E-state index contributed by atoms with van der Waals surface area (Å²) in [4.78, 5) is 9.45. The first kappa shape index (κ1) is 19.2. The van der Waals surface area contributed by atoms with Crippen LogP contribution in [-0.4, -0.2) is 36.8 Å². The van der Waals surface area contributed by atoms with E-state index in [9.17, 15) is 0 Å². The first-order valence-corrected chi connectivity index (χ1v) is 12.3. The maximum Gasteiger partial charge on any atom is 0.0564 e. The molecule has 2 nitrogen and oxygen atoms in total. The number of thioether (sulfide) groups is 1. The molecule has 1 unspecified atom stereocenters. The van der Waals surface area contributed by atoms with Crippen LogP contribution in [0.1, 0.15) is 39.0 Å². The van der Waals surface area contributed by atoms with Crippen LogP contribution in [0.5, 0.6) is 0 Å². The van der Waals surface area contributed by atoms with Crippen molar-refractivity contribution >= 4 is 34.9 Å². The zero-order valence-corrected chi connectivity index (χ0v) is 18.1. The van der Waals surface area contributed by atoms with Crippen LogP contribution in [0.25, 0.3) is 0 Å². The number of anilines is 2. The summed E-state index contributed by atoms with van der Waals surface area (Å²) < 4.78 is 0. The quantitative estimate of drug-likeness (QED) is 0.501. The van der Waals surface area contributed by atoms with Crippen molar-refractivity contribution < 1.29 is 0 Å². The molecule has 0 saturated carbocycles. The molecule has 2 aliphatic rings. The van der Waals surface area contributed by atoms with Crippen molar-refractivity contribution in [1.29, 1.82) is 0 Å². The Morgan fingerprint density at radius 1 is 1.04 bits per heavy atom. The van der Waals surface area contributed by atoms with E-state index in [2.05, 4.69) is 65.4 Å². The maximum atomic E-state index is 2.74. The molecule has 2 aromatic rings. The number of fused-ring (bicyclic) bond motifs is 2. The highest BCUT2D eigenvalue weighted by molar-refractivity contribution is 8.00. The monoisotopic (exact) mass is 398 g/mol. The lowest BCUT2D eigenvalue weighted by molar-refractivity contribution is 0.142. The predicted molar refractivity (Wildman–Crippen MR) is 120 cm³/mol. The topological polar surface area (TPSA) is 6.48 Å². The Morgan fingerprint density at radius 2 is 1.89 bits per heavy atom. The van der Waals surface area contributed by atoms with Gasteiger partial charge in [-0.2, -0.15) is 0 Å². The Balaban J connectivity index is 1.59. The van der Waals surface area contributed by atoms with E-state index in [1.807, 2.05) is 23.5 Å². The minimum Gasteiger partial charge on any atom is -0.340 e. The van der Waals surface area contributed by atoms with Gasteiger partial charge in [0, 0.05) is 27.3 Å². The average Bonchev–Trinajstić information content (AvgIpc) is 2.72. The van der Waals surface area contributed by atoms with Crippen LogP contribution in [-0.2, 0) is 0 Å². The molecule has 1 saturated heterocycles. The highest BCUT2D eigenvalue weighted by atomic mass is 32.2. The number of nitrogens with zero attached hydrogens (tertiary/aromatic N) is 2. The third-order valence-corrected chi connectivity index (χ3v) is 7.63. The second-order valence-electron chi connectivity index (χ2n) is 7.53. The molecule has 0 aliphatic carbocycles. The molecule has 0 amide bonds. The highest BCUT2D eigenvalue weighted by Gasteiger charge is 2.26. The normalized spacial score (nSPS) is 19.6. The summed E-state index contributed by atoms with van der Waals surface area (Å²) in [6, 6.07) is 16.6. The third-order valence-electron chi connectivity index (χ3n) is 5.78. The molecule has 0 bridgehead atoms. The fourth-order valence-electron chi connectivity index (χ4n) is 4.42. The van der Waals surface area contributed by atoms with Crippen molar-refractivity contribution in [3.63, 3.8) is 0 Å². The van der Waals surface area contributed by atoms with Gasteiger partial charge < -0.3 is 9.80 Å². The van der Waals surface area contributed by atoms with Gasteiger partial charge in [0.25, 0.3) is 0 Å². The highest BCUT2D eigenvalue weighted by Crippen LogP contribution is 2.49. The Kier molecular flexibility index (Phi) is 6.36. The zero-order chi connectivity index (χ0) is 18.6. The molecule has 2 aliphatic heterocycles. The van der Waals surface area contributed by atoms with E-state index >= 15 is 0 Å². The van der Waals surface area contributed by atoms with Gasteiger partial charge in [-0.15, -0.1) is 11.8 Å². The van der Waals surface area contributed by atoms with Crippen molar-refractivity contribution in [2.45, 2.75) is 59.8 Å². The van der Waals surface area contributed by atoms with Crippen molar-refractivity contribution in [2.24, 2.45) is 0 Å². The summed E-state index contributed by atoms with van der Waals surface area (Å²) in [6.45, 7) is 5.96. The van der Waals surface area contributed by atoms with E-state index in [4.69, 9.17) is 0 Å². The van der Waals surface area contributed by atoms with Gasteiger partial charge in [-0.3, -0.25) is 0 Å². The summed E-state index contributed by atoms with van der Waals surface area (Å²) in [7, 11) is 0.